The Kier molecular flexibility index (Phi) is 13.8. The number of amides is 5. The molecule has 41 heavy (non-hydrogen) atoms. The number of nitrogens with one attached hydrogen (secondary N) is 4. The van der Waals surface area contributed by atoms with E-state index in [0.29, 0.717) is 6.42 Å². The standard InChI is InChI=1S/C28H43N5O8/c1-8-16(2)22(23(29)35)33-25(37)17(3)30-26(38)20(14-21(34)40-15-19-12-10-9-11-13-19)32-24(36)18(4)31-27(39)41-28(5,6)7/h9-13,16-18,20,22H,8,14-15H2,1-7H3,(H2,29,35)(H,30,38)(H,31,39)(H,32,36)(H,33,37)/t16-,17-,18-,20-,22-/m0/s1. The molecule has 0 aliphatic carbocycles. The maximum atomic E-state index is 13.1. The van der Waals surface area contributed by atoms with Crippen molar-refractivity contribution in [3.05, 3.63) is 35.9 Å². The number of esters is 1. The van der Waals surface area contributed by atoms with Crippen LogP contribution in [0.25, 0.3) is 0 Å². The van der Waals surface area contributed by atoms with Crippen molar-refractivity contribution in [3.8, 4) is 0 Å². The van der Waals surface area contributed by atoms with Gasteiger partial charge in [-0.1, -0.05) is 50.6 Å². The van der Waals surface area contributed by atoms with Crippen LogP contribution in [0, 0.1) is 5.92 Å². The zero-order chi connectivity index (χ0) is 31.3. The Morgan fingerprint density at radius 2 is 1.39 bits per heavy atom. The number of carbonyl (C=O) groups is 6. The van der Waals surface area contributed by atoms with Gasteiger partial charge in [0.15, 0.2) is 0 Å². The van der Waals surface area contributed by atoms with Gasteiger partial charge < -0.3 is 36.5 Å². The highest BCUT2D eigenvalue weighted by molar-refractivity contribution is 5.96. The van der Waals surface area contributed by atoms with Crippen LogP contribution in [0.1, 0.15) is 66.9 Å². The highest BCUT2D eigenvalue weighted by Gasteiger charge is 2.31. The summed E-state index contributed by atoms with van der Waals surface area (Å²) in [5, 5.41) is 9.74. The number of carbonyl (C=O) groups excluding carboxylic acids is 6. The smallest absolute Gasteiger partial charge is 0.408 e. The molecule has 13 heteroatoms. The number of nitrogens with two attached hydrogens (primary N) is 1. The van der Waals surface area contributed by atoms with E-state index in [1.54, 1.807) is 58.0 Å². The number of rotatable bonds is 14. The lowest BCUT2D eigenvalue weighted by molar-refractivity contribution is -0.147. The van der Waals surface area contributed by atoms with E-state index in [9.17, 15) is 28.8 Å². The molecule has 1 rings (SSSR count). The number of benzene rings is 1. The van der Waals surface area contributed by atoms with E-state index in [2.05, 4.69) is 21.3 Å². The van der Waals surface area contributed by atoms with E-state index in [1.165, 1.54) is 13.8 Å². The third kappa shape index (κ3) is 13.2. The molecule has 13 nitrogen and oxygen atoms in total. The van der Waals surface area contributed by atoms with Crippen LogP contribution in [0.3, 0.4) is 0 Å². The molecule has 0 heterocycles. The molecule has 1 aromatic carbocycles. The van der Waals surface area contributed by atoms with Crippen molar-refractivity contribution in [1.29, 1.82) is 0 Å². The second kappa shape index (κ2) is 16.2. The maximum Gasteiger partial charge on any atom is 0.408 e. The highest BCUT2D eigenvalue weighted by Crippen LogP contribution is 2.09. The number of hydrogen-bond donors (Lipinski definition) is 5. The van der Waals surface area contributed by atoms with E-state index in [0.717, 1.165) is 5.56 Å². The van der Waals surface area contributed by atoms with Gasteiger partial charge in [0.1, 0.15) is 36.4 Å². The van der Waals surface area contributed by atoms with Crippen LogP contribution in [0.15, 0.2) is 30.3 Å². The van der Waals surface area contributed by atoms with Gasteiger partial charge in [-0.25, -0.2) is 4.79 Å². The molecule has 228 valence electrons. The second-order valence-electron chi connectivity index (χ2n) is 10.8. The van der Waals surface area contributed by atoms with Crippen LogP contribution in [0.2, 0.25) is 0 Å². The van der Waals surface area contributed by atoms with Gasteiger partial charge in [-0.3, -0.25) is 24.0 Å². The molecule has 5 amide bonds. The molecular formula is C28H43N5O8. The Labute approximate surface area is 240 Å². The molecule has 0 aromatic heterocycles. The first-order chi connectivity index (χ1) is 19.0. The maximum absolute atomic E-state index is 13.1. The van der Waals surface area contributed by atoms with Crippen molar-refractivity contribution in [2.45, 2.75) is 97.7 Å². The summed E-state index contributed by atoms with van der Waals surface area (Å²) in [4.78, 5) is 75.1. The fourth-order valence-electron chi connectivity index (χ4n) is 3.41. The Hall–Kier alpha value is -4.16. The molecule has 0 radical (unpaired) electrons. The third-order valence-corrected chi connectivity index (χ3v) is 5.94. The molecule has 0 bridgehead atoms. The number of alkyl carbamates (subject to hydrolysis) is 1. The largest absolute Gasteiger partial charge is 0.461 e. The first kappa shape index (κ1) is 34.9. The van der Waals surface area contributed by atoms with Crippen molar-refractivity contribution in [2.24, 2.45) is 11.7 Å². The summed E-state index contributed by atoms with van der Waals surface area (Å²) < 4.78 is 10.4. The van der Waals surface area contributed by atoms with Gasteiger partial charge in [-0.2, -0.15) is 0 Å². The Morgan fingerprint density at radius 1 is 0.829 bits per heavy atom. The summed E-state index contributed by atoms with van der Waals surface area (Å²) in [5.41, 5.74) is 5.33. The summed E-state index contributed by atoms with van der Waals surface area (Å²) in [6, 6.07) is 4.17. The van der Waals surface area contributed by atoms with Crippen LogP contribution in [-0.2, 0) is 40.1 Å². The Balaban J connectivity index is 2.97. The Morgan fingerprint density at radius 3 is 1.93 bits per heavy atom. The predicted octanol–water partition coefficient (Wildman–Crippen LogP) is 1.04. The average Bonchev–Trinajstić information content (AvgIpc) is 2.88. The van der Waals surface area contributed by atoms with Crippen LogP contribution in [0.5, 0.6) is 0 Å². The van der Waals surface area contributed by atoms with Crippen molar-refractivity contribution in [3.63, 3.8) is 0 Å². The van der Waals surface area contributed by atoms with Crippen molar-refractivity contribution < 1.29 is 38.2 Å². The van der Waals surface area contributed by atoms with E-state index in [-0.39, 0.29) is 12.5 Å². The quantitative estimate of drug-likeness (QED) is 0.202. The SMILES string of the molecule is CC[C@H](C)[C@H](NC(=O)[C@H](C)NC(=O)[C@H](CC(=O)OCc1ccccc1)NC(=O)[C@H](C)NC(=O)OC(C)(C)C)C(N)=O. The number of ether oxygens (including phenoxy) is 2. The normalized spacial score (nSPS) is 14.7. The lowest BCUT2D eigenvalue weighted by Gasteiger charge is -2.25. The lowest BCUT2D eigenvalue weighted by atomic mass is 9.98. The Bertz CT molecular complexity index is 1070. The number of hydrogen-bond acceptors (Lipinski definition) is 8. The van der Waals surface area contributed by atoms with Crippen molar-refractivity contribution >= 4 is 35.7 Å². The van der Waals surface area contributed by atoms with E-state index in [4.69, 9.17) is 15.2 Å². The topological polar surface area (TPSA) is 195 Å². The molecule has 0 saturated carbocycles. The van der Waals surface area contributed by atoms with E-state index in [1.807, 2.05) is 6.92 Å². The van der Waals surface area contributed by atoms with Gasteiger partial charge in [-0.05, 0) is 46.1 Å². The predicted molar refractivity (Wildman–Crippen MR) is 150 cm³/mol. The number of primary amides is 1. The molecule has 0 aliphatic rings. The van der Waals surface area contributed by atoms with Crippen LogP contribution in [0.4, 0.5) is 4.79 Å². The zero-order valence-electron chi connectivity index (χ0n) is 24.7. The summed E-state index contributed by atoms with van der Waals surface area (Å²) in [7, 11) is 0. The van der Waals surface area contributed by atoms with Gasteiger partial charge >= 0.3 is 12.1 Å². The molecule has 6 N–H and O–H groups in total. The van der Waals surface area contributed by atoms with Gasteiger partial charge in [0.25, 0.3) is 0 Å². The molecule has 0 saturated heterocycles. The van der Waals surface area contributed by atoms with Crippen molar-refractivity contribution in [2.75, 3.05) is 0 Å². The fraction of sp³-hybridized carbons (Fsp3) is 0.571. The molecule has 1 aromatic rings. The fourth-order valence-corrected chi connectivity index (χ4v) is 3.41. The monoisotopic (exact) mass is 577 g/mol. The first-order valence-corrected chi connectivity index (χ1v) is 13.4. The van der Waals surface area contributed by atoms with Crippen molar-refractivity contribution in [1.82, 2.24) is 21.3 Å². The molecule has 0 aliphatic heterocycles. The van der Waals surface area contributed by atoms with E-state index < -0.39 is 71.9 Å². The minimum Gasteiger partial charge on any atom is -0.461 e. The van der Waals surface area contributed by atoms with E-state index >= 15 is 0 Å². The molecule has 5 atom stereocenters. The summed E-state index contributed by atoms with van der Waals surface area (Å²) in [6.07, 6.45) is -0.836. The van der Waals surface area contributed by atoms with Crippen LogP contribution < -0.4 is 27.0 Å². The summed E-state index contributed by atoms with van der Waals surface area (Å²) in [6.45, 7) is 11.2. The highest BCUT2D eigenvalue weighted by atomic mass is 16.6. The van der Waals surface area contributed by atoms with Crippen LogP contribution in [-0.4, -0.2) is 65.5 Å². The minimum atomic E-state index is -1.45. The third-order valence-electron chi connectivity index (χ3n) is 5.94. The second-order valence-corrected chi connectivity index (χ2v) is 10.8. The van der Waals surface area contributed by atoms with Gasteiger partial charge in [-0.15, -0.1) is 0 Å². The molecule has 0 spiro atoms. The minimum absolute atomic E-state index is 0.0541. The first-order valence-electron chi connectivity index (χ1n) is 13.4. The summed E-state index contributed by atoms with van der Waals surface area (Å²) in [5.74, 6) is -4.08. The van der Waals surface area contributed by atoms with Gasteiger partial charge in [0.2, 0.25) is 23.6 Å². The zero-order valence-corrected chi connectivity index (χ0v) is 24.7. The van der Waals surface area contributed by atoms with Crippen LogP contribution >= 0.6 is 0 Å². The molecule has 0 fully saturated rings. The van der Waals surface area contributed by atoms with Gasteiger partial charge in [0.05, 0.1) is 6.42 Å². The summed E-state index contributed by atoms with van der Waals surface area (Å²) >= 11 is 0. The average molecular weight is 578 g/mol. The lowest BCUT2D eigenvalue weighted by Crippen LogP contribution is -2.58. The molecule has 0 unspecified atom stereocenters. The molecular weight excluding hydrogens is 534 g/mol. The van der Waals surface area contributed by atoms with Gasteiger partial charge in [0, 0.05) is 0 Å².